The molecule has 0 bridgehead atoms. The van der Waals surface area contributed by atoms with Gasteiger partial charge < -0.3 is 9.42 Å². The predicted molar refractivity (Wildman–Crippen MR) is 134 cm³/mol. The molecule has 4 heterocycles. The summed E-state index contributed by atoms with van der Waals surface area (Å²) >= 11 is 1.61. The van der Waals surface area contributed by atoms with Gasteiger partial charge in [0.15, 0.2) is 0 Å². The Labute approximate surface area is 208 Å². The highest BCUT2D eigenvalue weighted by Crippen LogP contribution is 2.42. The standard InChI is InChI=1S/C26H28N6O2S/c33-26(21-18-27-32(24(21)19-10-11-19)20-6-2-1-3-7-20)31-15-13-30(14-16-31)12-4-9-23-28-25(29-34-23)22-8-5-17-35-22/h1-3,5-8,17-19H,4,9-16H2. The molecule has 1 aromatic carbocycles. The number of hydrogen-bond acceptors (Lipinski definition) is 7. The first-order valence-electron chi connectivity index (χ1n) is 12.3. The Bertz CT molecular complexity index is 1270. The van der Waals surface area contributed by atoms with Crippen molar-refractivity contribution in [2.75, 3.05) is 32.7 Å². The molecule has 0 radical (unpaired) electrons. The van der Waals surface area contributed by atoms with Gasteiger partial charge in [-0.25, -0.2) is 4.68 Å². The third kappa shape index (κ3) is 4.78. The van der Waals surface area contributed by atoms with Gasteiger partial charge in [0.1, 0.15) is 0 Å². The number of carbonyl (C=O) groups excluding carboxylic acids is 1. The Kier molecular flexibility index (Phi) is 6.18. The van der Waals surface area contributed by atoms with Gasteiger partial charge in [-0.1, -0.05) is 29.4 Å². The quantitative estimate of drug-likeness (QED) is 0.369. The molecule has 2 fully saturated rings. The van der Waals surface area contributed by atoms with Crippen molar-refractivity contribution in [2.24, 2.45) is 0 Å². The Balaban J connectivity index is 1.03. The van der Waals surface area contributed by atoms with Gasteiger partial charge in [-0.2, -0.15) is 10.1 Å². The van der Waals surface area contributed by atoms with Crippen LogP contribution in [-0.4, -0.2) is 68.4 Å². The van der Waals surface area contributed by atoms with Crippen LogP contribution < -0.4 is 0 Å². The van der Waals surface area contributed by atoms with Crippen molar-refractivity contribution in [1.82, 2.24) is 29.7 Å². The van der Waals surface area contributed by atoms with Crippen LogP contribution in [0.25, 0.3) is 16.4 Å². The molecule has 0 N–H and O–H groups in total. The Morgan fingerprint density at radius 3 is 2.63 bits per heavy atom. The van der Waals surface area contributed by atoms with E-state index in [0.29, 0.717) is 17.6 Å². The number of rotatable bonds is 8. The normalized spacial score (nSPS) is 16.6. The lowest BCUT2D eigenvalue weighted by atomic mass is 10.1. The van der Waals surface area contributed by atoms with Crippen LogP contribution in [0.5, 0.6) is 0 Å². The lowest BCUT2D eigenvalue weighted by Crippen LogP contribution is -2.49. The number of carbonyl (C=O) groups is 1. The van der Waals surface area contributed by atoms with E-state index in [1.54, 1.807) is 17.5 Å². The van der Waals surface area contributed by atoms with Crippen LogP contribution in [-0.2, 0) is 6.42 Å². The second-order valence-electron chi connectivity index (χ2n) is 9.19. The van der Waals surface area contributed by atoms with Crippen molar-refractivity contribution >= 4 is 17.2 Å². The minimum absolute atomic E-state index is 0.112. The summed E-state index contributed by atoms with van der Waals surface area (Å²) in [4.78, 5) is 23.4. The molecule has 1 aliphatic heterocycles. The second kappa shape index (κ2) is 9.75. The van der Waals surface area contributed by atoms with Gasteiger partial charge in [0.25, 0.3) is 5.91 Å². The average Bonchev–Trinajstić information content (AvgIpc) is 3.29. The van der Waals surface area contributed by atoms with Gasteiger partial charge in [0, 0.05) is 38.5 Å². The Hall–Kier alpha value is -3.30. The predicted octanol–water partition coefficient (Wildman–Crippen LogP) is 4.25. The zero-order valence-corrected chi connectivity index (χ0v) is 20.4. The largest absolute Gasteiger partial charge is 0.339 e. The van der Waals surface area contributed by atoms with Crippen molar-refractivity contribution in [3.63, 3.8) is 0 Å². The van der Waals surface area contributed by atoms with Crippen LogP contribution >= 0.6 is 11.3 Å². The van der Waals surface area contributed by atoms with Crippen molar-refractivity contribution < 1.29 is 9.32 Å². The van der Waals surface area contributed by atoms with E-state index in [0.717, 1.165) is 80.2 Å². The number of aromatic nitrogens is 4. The molecule has 180 valence electrons. The van der Waals surface area contributed by atoms with E-state index in [1.165, 1.54) is 0 Å². The first-order valence-corrected chi connectivity index (χ1v) is 13.2. The molecule has 0 unspecified atom stereocenters. The lowest BCUT2D eigenvalue weighted by Gasteiger charge is -2.34. The fourth-order valence-electron chi connectivity index (χ4n) is 4.71. The van der Waals surface area contributed by atoms with Crippen LogP contribution in [0.3, 0.4) is 0 Å². The third-order valence-electron chi connectivity index (χ3n) is 6.74. The minimum atomic E-state index is 0.112. The molecule has 1 aliphatic carbocycles. The minimum Gasteiger partial charge on any atom is -0.339 e. The monoisotopic (exact) mass is 488 g/mol. The van der Waals surface area contributed by atoms with Crippen molar-refractivity contribution in [2.45, 2.75) is 31.6 Å². The highest BCUT2D eigenvalue weighted by Gasteiger charge is 2.34. The number of nitrogens with zero attached hydrogens (tertiary/aromatic N) is 6. The fourth-order valence-corrected chi connectivity index (χ4v) is 5.36. The maximum Gasteiger partial charge on any atom is 0.257 e. The summed E-state index contributed by atoms with van der Waals surface area (Å²) in [7, 11) is 0. The van der Waals surface area contributed by atoms with E-state index >= 15 is 0 Å². The summed E-state index contributed by atoms with van der Waals surface area (Å²) in [6.07, 6.45) is 5.74. The SMILES string of the molecule is O=C(c1cnn(-c2ccccc2)c1C1CC1)N1CCN(CCCc2nc(-c3cccs3)no2)CC1. The highest BCUT2D eigenvalue weighted by molar-refractivity contribution is 7.13. The maximum absolute atomic E-state index is 13.4. The molecule has 9 heteroatoms. The van der Waals surface area contributed by atoms with Gasteiger partial charge in [-0.15, -0.1) is 11.3 Å². The van der Waals surface area contributed by atoms with Crippen LogP contribution in [0.4, 0.5) is 0 Å². The smallest absolute Gasteiger partial charge is 0.257 e. The van der Waals surface area contributed by atoms with Gasteiger partial charge in [-0.05, 0) is 49.4 Å². The number of amides is 1. The van der Waals surface area contributed by atoms with Crippen molar-refractivity contribution in [3.05, 3.63) is 71.2 Å². The molecule has 3 aromatic heterocycles. The topological polar surface area (TPSA) is 80.3 Å². The van der Waals surface area contributed by atoms with E-state index in [2.05, 4.69) is 20.1 Å². The number of benzene rings is 1. The van der Waals surface area contributed by atoms with Gasteiger partial charge >= 0.3 is 0 Å². The van der Waals surface area contributed by atoms with Crippen LogP contribution in [0.15, 0.2) is 58.6 Å². The lowest BCUT2D eigenvalue weighted by molar-refractivity contribution is 0.0634. The molecule has 35 heavy (non-hydrogen) atoms. The highest BCUT2D eigenvalue weighted by atomic mass is 32.1. The molecule has 0 spiro atoms. The van der Waals surface area contributed by atoms with Crippen molar-refractivity contribution in [1.29, 1.82) is 0 Å². The summed E-state index contributed by atoms with van der Waals surface area (Å²) in [6.45, 7) is 4.19. The molecule has 1 saturated heterocycles. The average molecular weight is 489 g/mol. The first-order chi connectivity index (χ1) is 17.3. The summed E-state index contributed by atoms with van der Waals surface area (Å²) in [5, 5.41) is 10.7. The molecule has 1 amide bonds. The molecule has 0 atom stereocenters. The molecule has 1 saturated carbocycles. The van der Waals surface area contributed by atoms with Gasteiger partial charge in [0.05, 0.1) is 28.0 Å². The van der Waals surface area contributed by atoms with E-state index in [4.69, 9.17) is 4.52 Å². The summed E-state index contributed by atoms with van der Waals surface area (Å²) in [5.41, 5.74) is 2.86. The zero-order valence-electron chi connectivity index (χ0n) is 19.5. The summed E-state index contributed by atoms with van der Waals surface area (Å²) < 4.78 is 7.37. The van der Waals surface area contributed by atoms with E-state index in [9.17, 15) is 4.79 Å². The van der Waals surface area contributed by atoms with Crippen LogP contribution in [0, 0.1) is 0 Å². The Morgan fingerprint density at radius 2 is 1.89 bits per heavy atom. The van der Waals surface area contributed by atoms with Crippen molar-refractivity contribution in [3.8, 4) is 16.4 Å². The maximum atomic E-state index is 13.4. The molecule has 4 aromatic rings. The van der Waals surface area contributed by atoms with Gasteiger partial charge in [0.2, 0.25) is 11.7 Å². The van der Waals surface area contributed by atoms with E-state index in [-0.39, 0.29) is 5.91 Å². The third-order valence-corrected chi connectivity index (χ3v) is 7.60. The number of hydrogen-bond donors (Lipinski definition) is 0. The number of para-hydroxylation sites is 1. The molecule has 8 nitrogen and oxygen atoms in total. The summed E-state index contributed by atoms with van der Waals surface area (Å²) in [6, 6.07) is 14.1. The summed E-state index contributed by atoms with van der Waals surface area (Å²) in [5.74, 6) is 1.90. The van der Waals surface area contributed by atoms with Gasteiger partial charge in [-0.3, -0.25) is 9.69 Å². The number of piperazine rings is 1. The second-order valence-corrected chi connectivity index (χ2v) is 10.1. The molecule has 6 rings (SSSR count). The molecule has 2 aliphatic rings. The molecular formula is C26H28N6O2S. The Morgan fingerprint density at radius 1 is 1.06 bits per heavy atom. The fraction of sp³-hybridized carbons (Fsp3) is 0.385. The number of thiophene rings is 1. The van der Waals surface area contributed by atoms with E-state index < -0.39 is 0 Å². The first kappa shape index (κ1) is 22.2. The van der Waals surface area contributed by atoms with Crippen LogP contribution in [0.1, 0.15) is 47.1 Å². The van der Waals surface area contributed by atoms with Crippen LogP contribution in [0.2, 0.25) is 0 Å². The zero-order chi connectivity index (χ0) is 23.6. The number of aryl methyl sites for hydroxylation is 1. The molecular weight excluding hydrogens is 460 g/mol. The van der Waals surface area contributed by atoms with E-state index in [1.807, 2.05) is 57.4 Å².